The van der Waals surface area contributed by atoms with Gasteiger partial charge < -0.3 is 9.64 Å². The number of morpholine rings is 1. The molecule has 0 aliphatic carbocycles. The van der Waals surface area contributed by atoms with Crippen LogP contribution in [0, 0.1) is 0 Å². The van der Waals surface area contributed by atoms with Crippen molar-refractivity contribution in [2.45, 2.75) is 39.0 Å². The number of carbonyl (C=O) groups is 3. The summed E-state index contributed by atoms with van der Waals surface area (Å²) < 4.78 is 5.62. The van der Waals surface area contributed by atoms with Gasteiger partial charge in [0.1, 0.15) is 6.04 Å². The average Bonchev–Trinajstić information content (AvgIpc) is 2.77. The van der Waals surface area contributed by atoms with Crippen LogP contribution >= 0.6 is 0 Å². The minimum Gasteiger partial charge on any atom is -0.372 e. The number of fused-ring (bicyclic) bond motifs is 1. The number of amides is 3. The fraction of sp³-hybridized carbons (Fsp3) is 0.471. The van der Waals surface area contributed by atoms with Gasteiger partial charge >= 0.3 is 0 Å². The fourth-order valence-electron chi connectivity index (χ4n) is 3.29. The molecule has 2 aliphatic heterocycles. The zero-order valence-corrected chi connectivity index (χ0v) is 13.5. The quantitative estimate of drug-likeness (QED) is 0.772. The van der Waals surface area contributed by atoms with Crippen LogP contribution in [0.2, 0.25) is 0 Å². The van der Waals surface area contributed by atoms with Gasteiger partial charge in [0.15, 0.2) is 0 Å². The minimum absolute atomic E-state index is 0.0583. The van der Waals surface area contributed by atoms with Crippen LogP contribution in [-0.2, 0) is 9.53 Å². The number of rotatable bonds is 2. The number of hydrogen-bond donors (Lipinski definition) is 0. The summed E-state index contributed by atoms with van der Waals surface area (Å²) in [5.41, 5.74) is 0.724. The van der Waals surface area contributed by atoms with Crippen molar-refractivity contribution in [3.63, 3.8) is 0 Å². The van der Waals surface area contributed by atoms with Gasteiger partial charge in [0, 0.05) is 13.1 Å². The Labute approximate surface area is 135 Å². The van der Waals surface area contributed by atoms with Crippen LogP contribution in [0.4, 0.5) is 0 Å². The van der Waals surface area contributed by atoms with Crippen LogP contribution in [0.25, 0.3) is 0 Å². The number of hydrogen-bond acceptors (Lipinski definition) is 4. The molecule has 23 heavy (non-hydrogen) atoms. The number of carbonyl (C=O) groups excluding carboxylic acids is 3. The highest BCUT2D eigenvalue weighted by molar-refractivity contribution is 6.22. The Morgan fingerprint density at radius 1 is 1.09 bits per heavy atom. The van der Waals surface area contributed by atoms with E-state index in [2.05, 4.69) is 0 Å². The van der Waals surface area contributed by atoms with Crippen LogP contribution in [0.5, 0.6) is 0 Å². The molecule has 3 atom stereocenters. The molecule has 0 bridgehead atoms. The van der Waals surface area contributed by atoms with Crippen LogP contribution < -0.4 is 0 Å². The lowest BCUT2D eigenvalue weighted by Gasteiger charge is -2.37. The van der Waals surface area contributed by atoms with Crippen molar-refractivity contribution in [2.24, 2.45) is 0 Å². The minimum atomic E-state index is -0.820. The maximum Gasteiger partial charge on any atom is 0.262 e. The lowest BCUT2D eigenvalue weighted by Crippen LogP contribution is -2.55. The second kappa shape index (κ2) is 5.77. The molecule has 0 unspecified atom stereocenters. The van der Waals surface area contributed by atoms with Crippen molar-refractivity contribution in [3.05, 3.63) is 35.4 Å². The smallest absolute Gasteiger partial charge is 0.262 e. The Hall–Kier alpha value is -2.21. The molecule has 6 nitrogen and oxygen atoms in total. The van der Waals surface area contributed by atoms with Crippen molar-refractivity contribution in [2.75, 3.05) is 13.1 Å². The van der Waals surface area contributed by atoms with Gasteiger partial charge in [-0.05, 0) is 32.9 Å². The Kier molecular flexibility index (Phi) is 3.93. The molecule has 1 saturated heterocycles. The predicted octanol–water partition coefficient (Wildman–Crippen LogP) is 1.31. The molecular formula is C17H20N2O4. The molecule has 1 fully saturated rings. The highest BCUT2D eigenvalue weighted by Crippen LogP contribution is 2.25. The number of benzene rings is 1. The van der Waals surface area contributed by atoms with Gasteiger partial charge in [-0.1, -0.05) is 12.1 Å². The van der Waals surface area contributed by atoms with E-state index in [0.717, 1.165) is 4.90 Å². The summed E-state index contributed by atoms with van der Waals surface area (Å²) in [5, 5.41) is 0. The van der Waals surface area contributed by atoms with Gasteiger partial charge in [0.05, 0.1) is 23.3 Å². The van der Waals surface area contributed by atoms with Gasteiger partial charge in [-0.2, -0.15) is 0 Å². The monoisotopic (exact) mass is 316 g/mol. The molecular weight excluding hydrogens is 296 g/mol. The summed E-state index contributed by atoms with van der Waals surface area (Å²) >= 11 is 0. The van der Waals surface area contributed by atoms with E-state index in [4.69, 9.17) is 4.74 Å². The van der Waals surface area contributed by atoms with Crippen LogP contribution in [0.3, 0.4) is 0 Å². The summed E-state index contributed by atoms with van der Waals surface area (Å²) in [5.74, 6) is -1.02. The first kappa shape index (κ1) is 15.7. The fourth-order valence-corrected chi connectivity index (χ4v) is 3.29. The first-order chi connectivity index (χ1) is 10.9. The molecule has 3 rings (SSSR count). The average molecular weight is 316 g/mol. The second-order valence-corrected chi connectivity index (χ2v) is 6.20. The molecule has 122 valence electrons. The summed E-state index contributed by atoms with van der Waals surface area (Å²) in [6.07, 6.45) is -0.117. The molecule has 3 amide bonds. The van der Waals surface area contributed by atoms with E-state index >= 15 is 0 Å². The Morgan fingerprint density at radius 2 is 1.57 bits per heavy atom. The van der Waals surface area contributed by atoms with Crippen LogP contribution in [0.1, 0.15) is 41.5 Å². The standard InChI is InChI=1S/C17H20N2O4/c1-10-8-18(9-11(2)23-10)15(20)12(3)19-16(21)13-6-4-5-7-14(13)17(19)22/h4-7,10-12H,8-9H2,1-3H3/t10-,11-,12-/m1/s1. The topological polar surface area (TPSA) is 66.9 Å². The largest absolute Gasteiger partial charge is 0.372 e. The number of ether oxygens (including phenoxy) is 1. The lowest BCUT2D eigenvalue weighted by atomic mass is 10.1. The molecule has 2 heterocycles. The predicted molar refractivity (Wildman–Crippen MR) is 83.0 cm³/mol. The molecule has 1 aromatic rings. The Bertz CT molecular complexity index is 627. The van der Waals surface area contributed by atoms with Gasteiger partial charge in [-0.3, -0.25) is 19.3 Å². The van der Waals surface area contributed by atoms with E-state index in [1.54, 1.807) is 36.1 Å². The van der Waals surface area contributed by atoms with Gasteiger partial charge in [0.2, 0.25) is 5.91 Å². The molecule has 2 aliphatic rings. The zero-order valence-electron chi connectivity index (χ0n) is 13.5. The van der Waals surface area contributed by atoms with Gasteiger partial charge in [-0.25, -0.2) is 0 Å². The van der Waals surface area contributed by atoms with Crippen LogP contribution in [-0.4, -0.2) is 58.9 Å². The lowest BCUT2D eigenvalue weighted by molar-refractivity contribution is -0.146. The first-order valence-corrected chi connectivity index (χ1v) is 7.81. The first-order valence-electron chi connectivity index (χ1n) is 7.81. The molecule has 1 aromatic carbocycles. The maximum atomic E-state index is 12.7. The molecule has 0 radical (unpaired) electrons. The summed E-state index contributed by atoms with van der Waals surface area (Å²) in [6.45, 7) is 6.35. The summed E-state index contributed by atoms with van der Waals surface area (Å²) in [6, 6.07) is 5.84. The summed E-state index contributed by atoms with van der Waals surface area (Å²) in [7, 11) is 0. The SMILES string of the molecule is C[C@@H]1CN(C(=O)[C@@H](C)N2C(=O)c3ccccc3C2=O)C[C@@H](C)O1. The van der Waals surface area contributed by atoms with Crippen molar-refractivity contribution in [3.8, 4) is 0 Å². The highest BCUT2D eigenvalue weighted by Gasteiger charge is 2.42. The molecule has 0 saturated carbocycles. The van der Waals surface area contributed by atoms with Gasteiger partial charge in [-0.15, -0.1) is 0 Å². The maximum absolute atomic E-state index is 12.7. The number of imide groups is 1. The van der Waals surface area contributed by atoms with Crippen molar-refractivity contribution < 1.29 is 19.1 Å². The summed E-state index contributed by atoms with van der Waals surface area (Å²) in [4.78, 5) is 40.4. The highest BCUT2D eigenvalue weighted by atomic mass is 16.5. The molecule has 0 aromatic heterocycles. The second-order valence-electron chi connectivity index (χ2n) is 6.20. The molecule has 0 N–H and O–H groups in total. The van der Waals surface area contributed by atoms with Crippen LogP contribution in [0.15, 0.2) is 24.3 Å². The van der Waals surface area contributed by atoms with E-state index in [1.807, 2.05) is 13.8 Å². The Balaban J connectivity index is 1.81. The third-order valence-corrected chi connectivity index (χ3v) is 4.30. The van der Waals surface area contributed by atoms with E-state index < -0.39 is 17.9 Å². The third kappa shape index (κ3) is 2.63. The molecule has 0 spiro atoms. The molecule has 6 heteroatoms. The normalized spacial score (nSPS) is 25.5. The van der Waals surface area contributed by atoms with E-state index in [0.29, 0.717) is 24.2 Å². The van der Waals surface area contributed by atoms with E-state index in [1.165, 1.54) is 0 Å². The van der Waals surface area contributed by atoms with E-state index in [-0.39, 0.29) is 18.1 Å². The van der Waals surface area contributed by atoms with Gasteiger partial charge in [0.25, 0.3) is 11.8 Å². The van der Waals surface area contributed by atoms with E-state index in [9.17, 15) is 14.4 Å². The van der Waals surface area contributed by atoms with Crippen molar-refractivity contribution in [1.82, 2.24) is 9.80 Å². The number of nitrogens with zero attached hydrogens (tertiary/aromatic N) is 2. The Morgan fingerprint density at radius 3 is 2.04 bits per heavy atom. The third-order valence-electron chi connectivity index (χ3n) is 4.30. The van der Waals surface area contributed by atoms with Crippen molar-refractivity contribution >= 4 is 17.7 Å². The van der Waals surface area contributed by atoms with Crippen molar-refractivity contribution in [1.29, 1.82) is 0 Å². The zero-order chi connectivity index (χ0) is 16.7.